The number of anilines is 1. The lowest BCUT2D eigenvalue weighted by Crippen LogP contribution is -2.22. The Balaban J connectivity index is 1.68. The second-order valence-corrected chi connectivity index (χ2v) is 7.13. The van der Waals surface area contributed by atoms with Crippen LogP contribution in [0.15, 0.2) is 59.5 Å². The minimum atomic E-state index is -0.541. The third kappa shape index (κ3) is 4.33. The molecule has 3 rings (SSSR count). The molecule has 0 atom stereocenters. The van der Waals surface area contributed by atoms with Crippen molar-refractivity contribution in [2.24, 2.45) is 0 Å². The molecule has 0 radical (unpaired) electrons. The van der Waals surface area contributed by atoms with Gasteiger partial charge >= 0.3 is 5.97 Å². The number of benzene rings is 3. The van der Waals surface area contributed by atoms with Gasteiger partial charge in [0.1, 0.15) is 5.40 Å². The number of hydrogen-bond acceptors (Lipinski definition) is 5. The number of hydrogen-bond donors (Lipinski definition) is 1. The third-order valence-electron chi connectivity index (χ3n) is 4.28. The van der Waals surface area contributed by atoms with Crippen LogP contribution >= 0.6 is 11.8 Å². The lowest BCUT2D eigenvalue weighted by Gasteiger charge is -2.13. The molecule has 0 bridgehead atoms. The Morgan fingerprint density at radius 3 is 2.46 bits per heavy atom. The van der Waals surface area contributed by atoms with Gasteiger partial charge in [0.05, 0.1) is 5.56 Å². The summed E-state index contributed by atoms with van der Waals surface area (Å²) in [5.74, 6) is -0.957. The first-order chi connectivity index (χ1) is 13.5. The van der Waals surface area contributed by atoms with Crippen molar-refractivity contribution < 1.29 is 14.3 Å². The van der Waals surface area contributed by atoms with Crippen LogP contribution in [0.5, 0.6) is 0 Å². The molecule has 3 aromatic rings. The summed E-state index contributed by atoms with van der Waals surface area (Å²) in [7, 11) is 0. The highest BCUT2D eigenvalue weighted by molar-refractivity contribution is 8.03. The molecule has 0 aliphatic carbocycles. The monoisotopic (exact) mass is 390 g/mol. The molecular formula is C22H18N2O3S. The van der Waals surface area contributed by atoms with Crippen LogP contribution < -0.4 is 5.32 Å². The van der Waals surface area contributed by atoms with Crippen LogP contribution in [0.25, 0.3) is 10.8 Å². The number of thioether (sulfide) groups is 1. The number of ether oxygens (including phenoxy) is 1. The van der Waals surface area contributed by atoms with Crippen LogP contribution in [0.2, 0.25) is 0 Å². The lowest BCUT2D eigenvalue weighted by atomic mass is 10.1. The zero-order chi connectivity index (χ0) is 20.1. The van der Waals surface area contributed by atoms with Gasteiger partial charge in [-0.2, -0.15) is 5.26 Å². The van der Waals surface area contributed by atoms with Crippen LogP contribution in [-0.4, -0.2) is 18.5 Å². The Morgan fingerprint density at radius 2 is 1.75 bits per heavy atom. The highest BCUT2D eigenvalue weighted by Gasteiger charge is 2.15. The van der Waals surface area contributed by atoms with Gasteiger partial charge in [0.2, 0.25) is 0 Å². The number of fused-ring (bicyclic) bond motifs is 1. The maximum absolute atomic E-state index is 12.4. The van der Waals surface area contributed by atoms with E-state index in [1.807, 2.05) is 61.7 Å². The van der Waals surface area contributed by atoms with Crippen molar-refractivity contribution >= 4 is 40.1 Å². The van der Waals surface area contributed by atoms with Crippen LogP contribution in [0, 0.1) is 24.5 Å². The predicted molar refractivity (Wildman–Crippen MR) is 110 cm³/mol. The first kappa shape index (κ1) is 19.5. The van der Waals surface area contributed by atoms with Crippen LogP contribution in [0.3, 0.4) is 0 Å². The number of nitriles is 1. The van der Waals surface area contributed by atoms with Crippen molar-refractivity contribution in [2.45, 2.75) is 18.7 Å². The zero-order valence-corrected chi connectivity index (χ0v) is 16.3. The third-order valence-corrected chi connectivity index (χ3v) is 4.84. The summed E-state index contributed by atoms with van der Waals surface area (Å²) >= 11 is 1.07. The second-order valence-electron chi connectivity index (χ2n) is 6.28. The minimum absolute atomic E-state index is 0.379. The number of rotatable bonds is 5. The second kappa shape index (κ2) is 8.59. The van der Waals surface area contributed by atoms with Gasteiger partial charge in [-0.3, -0.25) is 4.79 Å². The summed E-state index contributed by atoms with van der Waals surface area (Å²) in [6.45, 7) is 3.33. The average molecular weight is 390 g/mol. The lowest BCUT2D eigenvalue weighted by molar-refractivity contribution is -0.119. The van der Waals surface area contributed by atoms with E-state index >= 15 is 0 Å². The Morgan fingerprint density at radius 1 is 1.07 bits per heavy atom. The number of amides is 1. The van der Waals surface area contributed by atoms with Crippen molar-refractivity contribution in [1.82, 2.24) is 0 Å². The topological polar surface area (TPSA) is 79.2 Å². The molecule has 3 aromatic carbocycles. The van der Waals surface area contributed by atoms with E-state index in [-0.39, 0.29) is 6.61 Å². The number of aryl methyl sites for hydroxylation is 2. The summed E-state index contributed by atoms with van der Waals surface area (Å²) in [6, 6.07) is 16.6. The summed E-state index contributed by atoms with van der Waals surface area (Å²) in [4.78, 5) is 25.5. The molecule has 0 aliphatic rings. The molecule has 1 N–H and O–H groups in total. The Labute approximate surface area is 167 Å². The Bertz CT molecular complexity index is 1070. The number of esters is 1. The van der Waals surface area contributed by atoms with E-state index in [9.17, 15) is 9.59 Å². The largest absolute Gasteiger partial charge is 0.452 e. The van der Waals surface area contributed by atoms with E-state index in [1.165, 1.54) is 0 Å². The molecule has 1 amide bonds. The normalized spacial score (nSPS) is 10.3. The number of carbonyl (C=O) groups excluding carboxylic acids is 2. The SMILES string of the molecule is Cc1cc(SC#N)cc(C)c1NC(=O)COC(=O)c1cccc2ccccc12. The zero-order valence-electron chi connectivity index (χ0n) is 15.5. The maximum atomic E-state index is 12.4. The van der Waals surface area contributed by atoms with Crippen molar-refractivity contribution in [2.75, 3.05) is 11.9 Å². The minimum Gasteiger partial charge on any atom is -0.452 e. The van der Waals surface area contributed by atoms with E-state index in [2.05, 4.69) is 5.32 Å². The van der Waals surface area contributed by atoms with Crippen molar-refractivity contribution in [3.8, 4) is 5.40 Å². The van der Waals surface area contributed by atoms with Gasteiger partial charge in [-0.05, 0) is 65.7 Å². The standard InChI is InChI=1S/C22H18N2O3S/c1-14-10-17(28-13-23)11-15(2)21(14)24-20(25)12-27-22(26)19-9-5-7-16-6-3-4-8-18(16)19/h3-11H,12H2,1-2H3,(H,24,25). The molecule has 0 saturated heterocycles. The van der Waals surface area contributed by atoms with Gasteiger partial charge in [-0.15, -0.1) is 0 Å². The van der Waals surface area contributed by atoms with Gasteiger partial charge in [0.15, 0.2) is 6.61 Å². The fourth-order valence-corrected chi connectivity index (χ4v) is 3.60. The van der Waals surface area contributed by atoms with Crippen LogP contribution in [-0.2, 0) is 9.53 Å². The smallest absolute Gasteiger partial charge is 0.339 e. The number of nitrogens with one attached hydrogen (secondary N) is 1. The van der Waals surface area contributed by atoms with E-state index in [1.54, 1.807) is 12.1 Å². The fraction of sp³-hybridized carbons (Fsp3) is 0.136. The van der Waals surface area contributed by atoms with Crippen LogP contribution in [0.4, 0.5) is 5.69 Å². The maximum Gasteiger partial charge on any atom is 0.339 e. The van der Waals surface area contributed by atoms with Gasteiger partial charge in [0.25, 0.3) is 5.91 Å². The average Bonchev–Trinajstić information content (AvgIpc) is 2.68. The van der Waals surface area contributed by atoms with Gasteiger partial charge in [0, 0.05) is 10.6 Å². The molecule has 28 heavy (non-hydrogen) atoms. The molecule has 0 fully saturated rings. The summed E-state index contributed by atoms with van der Waals surface area (Å²) in [6.07, 6.45) is 0. The molecule has 0 saturated carbocycles. The van der Waals surface area contributed by atoms with E-state index < -0.39 is 11.9 Å². The number of nitrogens with zero attached hydrogens (tertiary/aromatic N) is 1. The summed E-state index contributed by atoms with van der Waals surface area (Å²) < 4.78 is 5.21. The van der Waals surface area contributed by atoms with Gasteiger partial charge in [-0.25, -0.2) is 4.79 Å². The predicted octanol–water partition coefficient (Wildman–Crippen LogP) is 4.83. The molecule has 0 aliphatic heterocycles. The van der Waals surface area contributed by atoms with E-state index in [0.29, 0.717) is 11.3 Å². The van der Waals surface area contributed by atoms with Gasteiger partial charge < -0.3 is 10.1 Å². The Kier molecular flexibility index (Phi) is 5.97. The first-order valence-electron chi connectivity index (χ1n) is 8.61. The summed E-state index contributed by atoms with van der Waals surface area (Å²) in [5, 5.41) is 15.3. The Hall–Kier alpha value is -3.30. The number of thiocyanates is 1. The molecule has 0 spiro atoms. The number of carbonyl (C=O) groups is 2. The van der Waals surface area contributed by atoms with E-state index in [4.69, 9.17) is 10.00 Å². The molecular weight excluding hydrogens is 372 g/mol. The van der Waals surface area contributed by atoms with Crippen molar-refractivity contribution in [3.05, 3.63) is 71.3 Å². The fourth-order valence-electron chi connectivity index (χ4n) is 3.02. The van der Waals surface area contributed by atoms with Gasteiger partial charge in [-0.1, -0.05) is 36.4 Å². The summed E-state index contributed by atoms with van der Waals surface area (Å²) in [5.41, 5.74) is 2.77. The molecule has 6 heteroatoms. The first-order valence-corrected chi connectivity index (χ1v) is 9.43. The quantitative estimate of drug-likeness (QED) is 0.384. The van der Waals surface area contributed by atoms with E-state index in [0.717, 1.165) is 38.6 Å². The molecule has 0 aromatic heterocycles. The van der Waals surface area contributed by atoms with Crippen LogP contribution in [0.1, 0.15) is 21.5 Å². The molecule has 0 unspecified atom stereocenters. The molecule has 5 nitrogen and oxygen atoms in total. The highest BCUT2D eigenvalue weighted by atomic mass is 32.2. The molecule has 0 heterocycles. The van der Waals surface area contributed by atoms with Crippen molar-refractivity contribution in [1.29, 1.82) is 5.26 Å². The van der Waals surface area contributed by atoms with Crippen molar-refractivity contribution in [3.63, 3.8) is 0 Å². The highest BCUT2D eigenvalue weighted by Crippen LogP contribution is 2.27. The molecule has 140 valence electrons.